The second kappa shape index (κ2) is 6.71. The van der Waals surface area contributed by atoms with Gasteiger partial charge in [-0.25, -0.2) is 14.0 Å². The van der Waals surface area contributed by atoms with Gasteiger partial charge in [-0.1, -0.05) is 11.6 Å². The standard InChI is InChI=1S/C11H10ClFN2O5/c12-6-3-5(1-2-7(6)13)14-11(20)15-8(10(18)19)4-9(16)17/h1-3,8H,4H2,(H,16,17)(H,18,19)(H2,14,15,20). The molecule has 108 valence electrons. The molecule has 4 N–H and O–H groups in total. The Balaban J connectivity index is 2.67. The predicted molar refractivity (Wildman–Crippen MR) is 67.2 cm³/mol. The van der Waals surface area contributed by atoms with Crippen LogP contribution >= 0.6 is 11.6 Å². The SMILES string of the molecule is O=C(O)CC(NC(=O)Nc1ccc(F)c(Cl)c1)C(=O)O. The van der Waals surface area contributed by atoms with Crippen LogP contribution in [0.3, 0.4) is 0 Å². The zero-order valence-electron chi connectivity index (χ0n) is 9.89. The van der Waals surface area contributed by atoms with Gasteiger partial charge in [0.2, 0.25) is 0 Å². The number of amides is 2. The first-order valence-electron chi connectivity index (χ1n) is 5.26. The Morgan fingerprint density at radius 3 is 2.45 bits per heavy atom. The van der Waals surface area contributed by atoms with E-state index in [1.54, 1.807) is 0 Å². The number of carbonyl (C=O) groups excluding carboxylic acids is 1. The first-order chi connectivity index (χ1) is 9.29. The fourth-order valence-electron chi connectivity index (χ4n) is 1.27. The van der Waals surface area contributed by atoms with Gasteiger partial charge in [0.15, 0.2) is 0 Å². The van der Waals surface area contributed by atoms with Crippen molar-refractivity contribution in [2.24, 2.45) is 0 Å². The van der Waals surface area contributed by atoms with Crippen LogP contribution in [-0.2, 0) is 9.59 Å². The Labute approximate surface area is 117 Å². The van der Waals surface area contributed by atoms with Crippen molar-refractivity contribution in [2.75, 3.05) is 5.32 Å². The van der Waals surface area contributed by atoms with Crippen LogP contribution < -0.4 is 10.6 Å². The number of urea groups is 1. The molecule has 1 rings (SSSR count). The zero-order valence-corrected chi connectivity index (χ0v) is 10.6. The van der Waals surface area contributed by atoms with Crippen molar-refractivity contribution in [2.45, 2.75) is 12.5 Å². The largest absolute Gasteiger partial charge is 0.481 e. The summed E-state index contributed by atoms with van der Waals surface area (Å²) in [4.78, 5) is 32.7. The summed E-state index contributed by atoms with van der Waals surface area (Å²) < 4.78 is 12.9. The minimum absolute atomic E-state index is 0.133. The maximum absolute atomic E-state index is 12.9. The highest BCUT2D eigenvalue weighted by atomic mass is 35.5. The lowest BCUT2D eigenvalue weighted by molar-refractivity contribution is -0.145. The van der Waals surface area contributed by atoms with Gasteiger partial charge in [-0.3, -0.25) is 4.79 Å². The molecule has 0 spiro atoms. The Kier molecular flexibility index (Phi) is 5.27. The van der Waals surface area contributed by atoms with Gasteiger partial charge in [0.05, 0.1) is 11.4 Å². The molecule has 1 atom stereocenters. The van der Waals surface area contributed by atoms with Gasteiger partial charge in [-0.05, 0) is 18.2 Å². The quantitative estimate of drug-likeness (QED) is 0.658. The highest BCUT2D eigenvalue weighted by molar-refractivity contribution is 6.31. The van der Waals surface area contributed by atoms with E-state index in [0.29, 0.717) is 0 Å². The number of hydrogen-bond acceptors (Lipinski definition) is 3. The van der Waals surface area contributed by atoms with E-state index in [0.717, 1.165) is 12.1 Å². The number of carboxylic acid groups (broad SMARTS) is 2. The van der Waals surface area contributed by atoms with Crippen LogP contribution in [0.1, 0.15) is 6.42 Å². The minimum Gasteiger partial charge on any atom is -0.481 e. The van der Waals surface area contributed by atoms with Crippen LogP contribution in [0.25, 0.3) is 0 Å². The number of rotatable bonds is 5. The second-order valence-corrected chi connectivity index (χ2v) is 4.12. The number of aliphatic carboxylic acids is 2. The zero-order chi connectivity index (χ0) is 15.3. The van der Waals surface area contributed by atoms with Gasteiger partial charge in [-0.2, -0.15) is 0 Å². The van der Waals surface area contributed by atoms with E-state index in [2.05, 4.69) is 5.32 Å². The fourth-order valence-corrected chi connectivity index (χ4v) is 1.45. The topological polar surface area (TPSA) is 116 Å². The number of hydrogen-bond donors (Lipinski definition) is 4. The maximum atomic E-state index is 12.9. The lowest BCUT2D eigenvalue weighted by Gasteiger charge is -2.13. The number of anilines is 1. The molecule has 0 saturated heterocycles. The van der Waals surface area contributed by atoms with Crippen molar-refractivity contribution < 1.29 is 29.0 Å². The molecule has 1 aromatic rings. The van der Waals surface area contributed by atoms with E-state index < -0.39 is 36.2 Å². The van der Waals surface area contributed by atoms with E-state index >= 15 is 0 Å². The van der Waals surface area contributed by atoms with Crippen LogP contribution in [0, 0.1) is 5.82 Å². The summed E-state index contributed by atoms with van der Waals surface area (Å²) >= 11 is 5.50. The summed E-state index contributed by atoms with van der Waals surface area (Å²) in [5, 5.41) is 21.2. The minimum atomic E-state index is -1.58. The third-order valence-corrected chi connectivity index (χ3v) is 2.45. The van der Waals surface area contributed by atoms with Crippen LogP contribution in [-0.4, -0.2) is 34.2 Å². The molecule has 20 heavy (non-hydrogen) atoms. The first-order valence-corrected chi connectivity index (χ1v) is 5.64. The highest BCUT2D eigenvalue weighted by Crippen LogP contribution is 2.19. The molecule has 1 aromatic carbocycles. The number of halogens is 2. The molecule has 0 fully saturated rings. The van der Waals surface area contributed by atoms with Crippen molar-refractivity contribution >= 4 is 35.3 Å². The van der Waals surface area contributed by atoms with E-state index in [1.165, 1.54) is 6.07 Å². The Morgan fingerprint density at radius 2 is 1.95 bits per heavy atom. The maximum Gasteiger partial charge on any atom is 0.326 e. The van der Waals surface area contributed by atoms with Crippen molar-refractivity contribution in [3.05, 3.63) is 29.0 Å². The molecule has 0 aromatic heterocycles. The molecule has 2 amide bonds. The Hall–Kier alpha value is -2.35. The van der Waals surface area contributed by atoms with Crippen molar-refractivity contribution in [1.29, 1.82) is 0 Å². The molecule has 0 aliphatic heterocycles. The number of benzene rings is 1. The second-order valence-electron chi connectivity index (χ2n) is 3.72. The molecule has 0 aliphatic carbocycles. The van der Waals surface area contributed by atoms with Crippen LogP contribution in [0.5, 0.6) is 0 Å². The number of carboxylic acids is 2. The van der Waals surface area contributed by atoms with Gasteiger partial charge < -0.3 is 20.8 Å². The van der Waals surface area contributed by atoms with Crippen molar-refractivity contribution in [3.8, 4) is 0 Å². The first kappa shape index (κ1) is 15.7. The molecule has 7 nitrogen and oxygen atoms in total. The summed E-state index contributed by atoms with van der Waals surface area (Å²) in [6.07, 6.45) is -0.771. The van der Waals surface area contributed by atoms with Crippen molar-refractivity contribution in [1.82, 2.24) is 5.32 Å². The number of carbonyl (C=O) groups is 3. The molecular weight excluding hydrogens is 295 g/mol. The van der Waals surface area contributed by atoms with Gasteiger partial charge in [0.1, 0.15) is 11.9 Å². The molecule has 9 heteroatoms. The Morgan fingerprint density at radius 1 is 1.30 bits per heavy atom. The van der Waals surface area contributed by atoms with Gasteiger partial charge in [0.25, 0.3) is 0 Å². The summed E-state index contributed by atoms with van der Waals surface area (Å²) in [5.41, 5.74) is 0.133. The normalized spacial score (nSPS) is 11.5. The average Bonchev–Trinajstić information content (AvgIpc) is 2.32. The van der Waals surface area contributed by atoms with Gasteiger partial charge >= 0.3 is 18.0 Å². The average molecular weight is 305 g/mol. The van der Waals surface area contributed by atoms with Gasteiger partial charge in [0, 0.05) is 5.69 Å². The molecule has 0 aliphatic rings. The molecule has 1 unspecified atom stereocenters. The smallest absolute Gasteiger partial charge is 0.326 e. The summed E-state index contributed by atoms with van der Waals surface area (Å²) in [5.74, 6) is -3.53. The summed E-state index contributed by atoms with van der Waals surface area (Å²) in [6.45, 7) is 0. The van der Waals surface area contributed by atoms with Crippen molar-refractivity contribution in [3.63, 3.8) is 0 Å². The molecule has 0 saturated carbocycles. The summed E-state index contributed by atoms with van der Waals surface area (Å²) in [6, 6.07) is 0.839. The lowest BCUT2D eigenvalue weighted by atomic mass is 10.2. The molecule has 0 heterocycles. The molecule has 0 radical (unpaired) electrons. The molecular formula is C11H10ClFN2O5. The molecule has 0 bridgehead atoms. The van der Waals surface area contributed by atoms with E-state index in [9.17, 15) is 18.8 Å². The third kappa shape index (κ3) is 4.73. The number of nitrogens with one attached hydrogen (secondary N) is 2. The van der Waals surface area contributed by atoms with E-state index in [4.69, 9.17) is 21.8 Å². The van der Waals surface area contributed by atoms with Crippen LogP contribution in [0.4, 0.5) is 14.9 Å². The third-order valence-electron chi connectivity index (χ3n) is 2.16. The fraction of sp³-hybridized carbons (Fsp3) is 0.182. The lowest BCUT2D eigenvalue weighted by Crippen LogP contribution is -2.44. The van der Waals surface area contributed by atoms with E-state index in [-0.39, 0.29) is 10.7 Å². The predicted octanol–water partition coefficient (Wildman–Crippen LogP) is 1.53. The van der Waals surface area contributed by atoms with Crippen LogP contribution in [0.2, 0.25) is 5.02 Å². The van der Waals surface area contributed by atoms with E-state index in [1.807, 2.05) is 5.32 Å². The highest BCUT2D eigenvalue weighted by Gasteiger charge is 2.23. The summed E-state index contributed by atoms with van der Waals surface area (Å²) in [7, 11) is 0. The monoisotopic (exact) mass is 304 g/mol. The van der Waals surface area contributed by atoms with Gasteiger partial charge in [-0.15, -0.1) is 0 Å². The Bertz CT molecular complexity index is 552. The van der Waals surface area contributed by atoms with Crippen LogP contribution in [0.15, 0.2) is 18.2 Å².